The second-order valence-corrected chi connectivity index (χ2v) is 9.55. The summed E-state index contributed by atoms with van der Waals surface area (Å²) in [4.78, 5) is 14.2. The molecule has 7 aromatic rings. The van der Waals surface area contributed by atoms with Crippen molar-refractivity contribution in [1.82, 2.24) is 15.0 Å². The van der Waals surface area contributed by atoms with Crippen molar-refractivity contribution >= 4 is 53.4 Å². The molecule has 0 unspecified atom stereocenters. The Labute approximate surface area is 199 Å². The summed E-state index contributed by atoms with van der Waals surface area (Å²) in [5, 5.41) is 4.81. The Morgan fingerprint density at radius 3 is 2.44 bits per heavy atom. The number of rotatable bonds is 3. The molecule has 0 N–H and O–H groups in total. The third kappa shape index (κ3) is 3.09. The molecular formula is C29H19N3OS. The van der Waals surface area contributed by atoms with E-state index in [1.165, 1.54) is 25.7 Å². The van der Waals surface area contributed by atoms with Crippen molar-refractivity contribution in [2.45, 2.75) is 13.3 Å². The number of fused-ring (bicyclic) bond motifs is 6. The van der Waals surface area contributed by atoms with Crippen LogP contribution < -0.4 is 0 Å². The second-order valence-electron chi connectivity index (χ2n) is 8.50. The van der Waals surface area contributed by atoms with Crippen LogP contribution in [-0.4, -0.2) is 15.0 Å². The molecule has 4 aromatic carbocycles. The van der Waals surface area contributed by atoms with Gasteiger partial charge in [-0.05, 0) is 36.8 Å². The molecule has 0 aliphatic carbocycles. The molecule has 3 aromatic heterocycles. The molecule has 0 aliphatic heterocycles. The molecule has 34 heavy (non-hydrogen) atoms. The van der Waals surface area contributed by atoms with Crippen LogP contribution in [0.5, 0.6) is 0 Å². The predicted molar refractivity (Wildman–Crippen MR) is 139 cm³/mol. The van der Waals surface area contributed by atoms with Crippen LogP contribution in [0, 0.1) is 6.92 Å². The third-order valence-electron chi connectivity index (χ3n) is 6.26. The summed E-state index contributed by atoms with van der Waals surface area (Å²) in [5.41, 5.74) is 3.90. The number of aromatic nitrogens is 3. The van der Waals surface area contributed by atoms with Crippen LogP contribution in [0.2, 0.25) is 0 Å². The van der Waals surface area contributed by atoms with Gasteiger partial charge in [0.2, 0.25) is 0 Å². The fraction of sp³-hybridized carbons (Fsp3) is 0.0690. The average Bonchev–Trinajstić information content (AvgIpc) is 3.42. The zero-order chi connectivity index (χ0) is 22.6. The fourth-order valence-corrected chi connectivity index (χ4v) is 5.94. The lowest BCUT2D eigenvalue weighted by atomic mass is 10.1. The highest BCUT2D eigenvalue weighted by atomic mass is 32.1. The van der Waals surface area contributed by atoms with Crippen LogP contribution in [0.4, 0.5) is 0 Å². The highest BCUT2D eigenvalue weighted by Crippen LogP contribution is 2.36. The molecular weight excluding hydrogens is 438 g/mol. The number of nitrogens with zero attached hydrogens (tertiary/aromatic N) is 3. The predicted octanol–water partition coefficient (Wildman–Crippen LogP) is 7.71. The Morgan fingerprint density at radius 2 is 1.50 bits per heavy atom. The van der Waals surface area contributed by atoms with Gasteiger partial charge in [0.1, 0.15) is 22.8 Å². The molecule has 0 saturated carbocycles. The molecule has 0 radical (unpaired) electrons. The minimum Gasteiger partial charge on any atom is -0.456 e. The topological polar surface area (TPSA) is 51.8 Å². The molecule has 0 atom stereocenters. The van der Waals surface area contributed by atoms with Crippen molar-refractivity contribution in [2.75, 3.05) is 0 Å². The maximum absolute atomic E-state index is 6.08. The Hall–Kier alpha value is -4.09. The van der Waals surface area contributed by atoms with Gasteiger partial charge in [0.15, 0.2) is 5.82 Å². The molecule has 5 heteroatoms. The number of benzene rings is 4. The molecule has 7 rings (SSSR count). The van der Waals surface area contributed by atoms with E-state index in [4.69, 9.17) is 9.40 Å². The van der Waals surface area contributed by atoms with Crippen molar-refractivity contribution in [1.29, 1.82) is 0 Å². The van der Waals surface area contributed by atoms with Crippen molar-refractivity contribution in [3.8, 4) is 11.4 Å². The summed E-state index contributed by atoms with van der Waals surface area (Å²) in [5.74, 6) is 2.17. The Balaban J connectivity index is 1.31. The van der Waals surface area contributed by atoms with Crippen molar-refractivity contribution < 1.29 is 4.42 Å². The van der Waals surface area contributed by atoms with Gasteiger partial charge < -0.3 is 4.42 Å². The summed E-state index contributed by atoms with van der Waals surface area (Å²) >= 11 is 1.83. The second kappa shape index (κ2) is 7.47. The minimum atomic E-state index is 0.660. The summed E-state index contributed by atoms with van der Waals surface area (Å²) < 4.78 is 8.68. The van der Waals surface area contributed by atoms with Crippen LogP contribution in [0.1, 0.15) is 17.2 Å². The third-order valence-corrected chi connectivity index (χ3v) is 7.53. The van der Waals surface area contributed by atoms with Crippen LogP contribution in [-0.2, 0) is 6.42 Å². The summed E-state index contributed by atoms with van der Waals surface area (Å²) in [6.45, 7) is 1.93. The van der Waals surface area contributed by atoms with Crippen LogP contribution in [0.3, 0.4) is 0 Å². The van der Waals surface area contributed by atoms with Gasteiger partial charge in [-0.2, -0.15) is 0 Å². The van der Waals surface area contributed by atoms with E-state index in [9.17, 15) is 0 Å². The minimum absolute atomic E-state index is 0.660. The Morgan fingerprint density at radius 1 is 0.706 bits per heavy atom. The molecule has 4 nitrogen and oxygen atoms in total. The van der Waals surface area contributed by atoms with Gasteiger partial charge in [-0.15, -0.1) is 11.3 Å². The van der Waals surface area contributed by atoms with E-state index in [0.29, 0.717) is 18.1 Å². The molecule has 0 amide bonds. The van der Waals surface area contributed by atoms with E-state index in [0.717, 1.165) is 33.3 Å². The van der Waals surface area contributed by atoms with Crippen LogP contribution in [0.15, 0.2) is 89.3 Å². The highest BCUT2D eigenvalue weighted by Gasteiger charge is 2.14. The molecule has 0 saturated heterocycles. The fourth-order valence-electron chi connectivity index (χ4n) is 4.73. The largest absolute Gasteiger partial charge is 0.456 e. The maximum atomic E-state index is 6.08. The lowest BCUT2D eigenvalue weighted by Crippen LogP contribution is -2.03. The molecule has 162 valence electrons. The van der Waals surface area contributed by atoms with Gasteiger partial charge in [-0.1, -0.05) is 60.7 Å². The number of hydrogen-bond acceptors (Lipinski definition) is 5. The van der Waals surface area contributed by atoms with E-state index in [1.54, 1.807) is 0 Å². The van der Waals surface area contributed by atoms with Crippen molar-refractivity contribution in [3.05, 3.63) is 102 Å². The number of hydrogen-bond donors (Lipinski definition) is 0. The van der Waals surface area contributed by atoms with Gasteiger partial charge in [-0.25, -0.2) is 15.0 Å². The van der Waals surface area contributed by atoms with Crippen LogP contribution >= 0.6 is 11.3 Å². The summed E-state index contributed by atoms with van der Waals surface area (Å²) in [7, 11) is 0. The van der Waals surface area contributed by atoms with Gasteiger partial charge >= 0.3 is 0 Å². The van der Waals surface area contributed by atoms with Gasteiger partial charge in [0.05, 0.1) is 0 Å². The highest BCUT2D eigenvalue weighted by molar-refractivity contribution is 7.26. The Kier molecular flexibility index (Phi) is 4.26. The van der Waals surface area contributed by atoms with E-state index in [2.05, 4.69) is 70.6 Å². The maximum Gasteiger partial charge on any atom is 0.163 e. The number of thiophene rings is 1. The Bertz CT molecular complexity index is 1860. The summed E-state index contributed by atoms with van der Waals surface area (Å²) in [6.07, 6.45) is 0.660. The van der Waals surface area contributed by atoms with E-state index < -0.39 is 0 Å². The normalized spacial score (nSPS) is 11.8. The first-order chi connectivity index (χ1) is 16.7. The molecule has 0 spiro atoms. The number of furan rings is 1. The van der Waals surface area contributed by atoms with E-state index in [1.807, 2.05) is 42.5 Å². The monoisotopic (exact) mass is 457 g/mol. The lowest BCUT2D eigenvalue weighted by Gasteiger charge is -2.07. The molecule has 3 heterocycles. The zero-order valence-electron chi connectivity index (χ0n) is 18.4. The van der Waals surface area contributed by atoms with E-state index >= 15 is 0 Å². The quantitative estimate of drug-likeness (QED) is 0.273. The van der Waals surface area contributed by atoms with Gasteiger partial charge in [0, 0.05) is 42.9 Å². The van der Waals surface area contributed by atoms with Crippen molar-refractivity contribution in [3.63, 3.8) is 0 Å². The smallest absolute Gasteiger partial charge is 0.163 e. The zero-order valence-corrected chi connectivity index (χ0v) is 19.3. The average molecular weight is 458 g/mol. The first kappa shape index (κ1) is 19.4. The standard InChI is InChI=1S/C29H19N3OS/c1-17-30-27(16-18-7-6-10-23-22-9-3-5-12-26(22)34-28(18)23)32-29(31-17)19-13-14-21-20-8-2-4-11-24(20)33-25(21)15-19/h2-15H,16H2,1H3. The molecule has 0 fully saturated rings. The summed E-state index contributed by atoms with van der Waals surface area (Å²) in [6, 6.07) is 29.4. The first-order valence-electron chi connectivity index (χ1n) is 11.3. The van der Waals surface area contributed by atoms with Gasteiger partial charge in [-0.3, -0.25) is 0 Å². The van der Waals surface area contributed by atoms with E-state index in [-0.39, 0.29) is 0 Å². The first-order valence-corrected chi connectivity index (χ1v) is 12.1. The molecule has 0 aliphatic rings. The number of aryl methyl sites for hydroxylation is 1. The SMILES string of the molecule is Cc1nc(Cc2cccc3c2sc2ccccc23)nc(-c2ccc3c(c2)oc2ccccc23)n1. The van der Waals surface area contributed by atoms with Crippen molar-refractivity contribution in [2.24, 2.45) is 0 Å². The lowest BCUT2D eigenvalue weighted by molar-refractivity contribution is 0.669. The molecule has 0 bridgehead atoms. The van der Waals surface area contributed by atoms with Crippen LogP contribution in [0.25, 0.3) is 53.5 Å². The number of para-hydroxylation sites is 1. The van der Waals surface area contributed by atoms with Gasteiger partial charge in [0.25, 0.3) is 0 Å².